The maximum atomic E-state index is 13.2. The number of anilines is 1. The smallest absolute Gasteiger partial charge is 0.417 e. The molecule has 1 aromatic carbocycles. The van der Waals surface area contributed by atoms with Gasteiger partial charge in [0.05, 0.1) is 29.4 Å². The van der Waals surface area contributed by atoms with Crippen molar-refractivity contribution >= 4 is 5.69 Å². The lowest BCUT2D eigenvalue weighted by Crippen LogP contribution is -2.34. The molecule has 0 aliphatic heterocycles. The Morgan fingerprint density at radius 1 is 1.13 bits per heavy atom. The lowest BCUT2D eigenvalue weighted by atomic mass is 10.1. The fourth-order valence-corrected chi connectivity index (χ4v) is 2.91. The molecule has 0 aliphatic carbocycles. The number of nitrogens with zero attached hydrogens (tertiary/aromatic N) is 6. The average Bonchev–Trinajstić information content (AvgIpc) is 3.24. The van der Waals surface area contributed by atoms with Crippen LogP contribution in [-0.4, -0.2) is 32.7 Å². The van der Waals surface area contributed by atoms with Crippen molar-refractivity contribution in [1.29, 1.82) is 5.26 Å². The summed E-state index contributed by atoms with van der Waals surface area (Å²) >= 11 is 0. The average molecular weight is 444 g/mol. The van der Waals surface area contributed by atoms with Crippen molar-refractivity contribution in [2.24, 2.45) is 7.05 Å². The molecule has 0 aliphatic rings. The molecule has 7 nitrogen and oxygen atoms in total. The Labute approximate surface area is 171 Å². The van der Waals surface area contributed by atoms with E-state index >= 15 is 0 Å². The highest BCUT2D eigenvalue weighted by Gasteiger charge is 2.36. The number of aryl methyl sites for hydroxylation is 2. The second kappa shape index (κ2) is 7.93. The van der Waals surface area contributed by atoms with Crippen LogP contribution in [0.3, 0.4) is 0 Å². The zero-order valence-electron chi connectivity index (χ0n) is 16.1. The zero-order valence-corrected chi connectivity index (χ0v) is 16.1. The number of alkyl halides is 6. The SMILES string of the molecule is Cc1cc(-c2nnc(CN(CC(F)(F)F)c3ccc(C#N)c(C(F)(F)F)c3)o2)n(C)n1. The molecule has 31 heavy (non-hydrogen) atoms. The lowest BCUT2D eigenvalue weighted by Gasteiger charge is -2.25. The van der Waals surface area contributed by atoms with Gasteiger partial charge in [0, 0.05) is 12.7 Å². The van der Waals surface area contributed by atoms with Crippen LogP contribution in [0.5, 0.6) is 0 Å². The third kappa shape index (κ3) is 5.14. The van der Waals surface area contributed by atoms with Gasteiger partial charge in [-0.2, -0.15) is 36.7 Å². The molecule has 3 rings (SSSR count). The van der Waals surface area contributed by atoms with Gasteiger partial charge in [0.15, 0.2) is 0 Å². The Kier molecular flexibility index (Phi) is 5.66. The summed E-state index contributed by atoms with van der Waals surface area (Å²) in [6.45, 7) is -0.458. The molecule has 2 aromatic heterocycles. The molecule has 164 valence electrons. The van der Waals surface area contributed by atoms with E-state index in [4.69, 9.17) is 9.68 Å². The largest absolute Gasteiger partial charge is 0.417 e. The molecule has 3 aromatic rings. The van der Waals surface area contributed by atoms with Crippen LogP contribution < -0.4 is 4.90 Å². The Bertz CT molecular complexity index is 1120. The summed E-state index contributed by atoms with van der Waals surface area (Å²) in [5, 5.41) is 20.5. The highest BCUT2D eigenvalue weighted by atomic mass is 19.4. The minimum Gasteiger partial charge on any atom is -0.417 e. The molecule has 0 saturated carbocycles. The molecule has 0 bridgehead atoms. The molecular formula is C18H14F6N6O. The standard InChI is InChI=1S/C18H14F6N6O/c1-10-5-14(29(2)28-10)16-27-26-15(31-16)8-30(9-17(19,20)21)12-4-3-11(7-25)13(6-12)18(22,23)24/h3-6H,8-9H2,1-2H3. The van der Waals surface area contributed by atoms with E-state index in [0.29, 0.717) is 22.4 Å². The minimum atomic E-state index is -4.92. The Hall–Kier alpha value is -3.56. The lowest BCUT2D eigenvalue weighted by molar-refractivity contribution is -0.137. The number of aromatic nitrogens is 4. The van der Waals surface area contributed by atoms with Gasteiger partial charge in [0.25, 0.3) is 5.89 Å². The molecule has 0 unspecified atom stereocenters. The van der Waals surface area contributed by atoms with Crippen molar-refractivity contribution in [1.82, 2.24) is 20.0 Å². The summed E-state index contributed by atoms with van der Waals surface area (Å²) in [5.41, 5.74) is -1.37. The van der Waals surface area contributed by atoms with Gasteiger partial charge < -0.3 is 9.32 Å². The third-order valence-electron chi connectivity index (χ3n) is 4.18. The summed E-state index contributed by atoms with van der Waals surface area (Å²) < 4.78 is 85.9. The molecule has 13 heteroatoms. The van der Waals surface area contributed by atoms with E-state index in [0.717, 1.165) is 12.1 Å². The molecule has 0 N–H and O–H groups in total. The maximum Gasteiger partial charge on any atom is 0.417 e. The molecule has 0 atom stereocenters. The van der Waals surface area contributed by atoms with Crippen molar-refractivity contribution in [2.75, 3.05) is 11.4 Å². The van der Waals surface area contributed by atoms with Crippen LogP contribution in [0.25, 0.3) is 11.6 Å². The van der Waals surface area contributed by atoms with E-state index in [-0.39, 0.29) is 11.8 Å². The molecular weight excluding hydrogens is 430 g/mol. The van der Waals surface area contributed by atoms with Gasteiger partial charge in [-0.25, -0.2) is 0 Å². The highest BCUT2D eigenvalue weighted by molar-refractivity contribution is 5.55. The second-order valence-corrected chi connectivity index (χ2v) is 6.61. The number of nitriles is 1. The van der Waals surface area contributed by atoms with Crippen molar-refractivity contribution in [2.45, 2.75) is 25.8 Å². The van der Waals surface area contributed by atoms with Crippen molar-refractivity contribution in [3.05, 3.63) is 47.0 Å². The number of benzene rings is 1. The second-order valence-electron chi connectivity index (χ2n) is 6.61. The summed E-state index contributed by atoms with van der Waals surface area (Å²) in [6.07, 6.45) is -9.64. The van der Waals surface area contributed by atoms with Crippen LogP contribution in [0.1, 0.15) is 22.7 Å². The van der Waals surface area contributed by atoms with E-state index < -0.39 is 42.3 Å². The monoisotopic (exact) mass is 444 g/mol. The molecule has 2 heterocycles. The number of hydrogen-bond acceptors (Lipinski definition) is 6. The van der Waals surface area contributed by atoms with Gasteiger partial charge in [0.2, 0.25) is 5.89 Å². The van der Waals surface area contributed by atoms with Crippen molar-refractivity contribution in [3.8, 4) is 17.7 Å². The van der Waals surface area contributed by atoms with Crippen LogP contribution in [0.4, 0.5) is 32.0 Å². The number of hydrogen-bond donors (Lipinski definition) is 0. The van der Waals surface area contributed by atoms with E-state index in [1.807, 2.05) is 0 Å². The molecule has 0 amide bonds. The topological polar surface area (TPSA) is 83.8 Å². The van der Waals surface area contributed by atoms with Gasteiger partial charge >= 0.3 is 12.4 Å². The Morgan fingerprint density at radius 2 is 1.84 bits per heavy atom. The van der Waals surface area contributed by atoms with E-state index in [9.17, 15) is 26.3 Å². The quantitative estimate of drug-likeness (QED) is 0.548. The van der Waals surface area contributed by atoms with Crippen LogP contribution in [0.15, 0.2) is 28.7 Å². The fraction of sp³-hybridized carbons (Fsp3) is 0.333. The van der Waals surface area contributed by atoms with Gasteiger partial charge in [-0.15, -0.1) is 10.2 Å². The molecule has 0 fully saturated rings. The van der Waals surface area contributed by atoms with Gasteiger partial charge in [-0.3, -0.25) is 4.68 Å². The highest BCUT2D eigenvalue weighted by Crippen LogP contribution is 2.35. The first-order valence-corrected chi connectivity index (χ1v) is 8.64. The zero-order chi connectivity index (χ0) is 23.0. The van der Waals surface area contributed by atoms with E-state index in [1.54, 1.807) is 20.0 Å². The summed E-state index contributed by atoms with van der Waals surface area (Å²) in [7, 11) is 1.61. The molecule has 0 saturated heterocycles. The molecule has 0 spiro atoms. The third-order valence-corrected chi connectivity index (χ3v) is 4.18. The van der Waals surface area contributed by atoms with E-state index in [1.165, 1.54) is 10.8 Å². The van der Waals surface area contributed by atoms with Crippen LogP contribution >= 0.6 is 0 Å². The Balaban J connectivity index is 1.96. The predicted octanol–water partition coefficient (Wildman–Crippen LogP) is 4.24. The van der Waals surface area contributed by atoms with Gasteiger partial charge in [-0.05, 0) is 31.2 Å². The van der Waals surface area contributed by atoms with E-state index in [2.05, 4.69) is 15.3 Å². The molecule has 0 radical (unpaired) electrons. The first-order valence-electron chi connectivity index (χ1n) is 8.64. The predicted molar refractivity (Wildman–Crippen MR) is 94.5 cm³/mol. The van der Waals surface area contributed by atoms with Crippen molar-refractivity contribution in [3.63, 3.8) is 0 Å². The Morgan fingerprint density at radius 3 is 2.39 bits per heavy atom. The summed E-state index contributed by atoms with van der Waals surface area (Å²) in [6, 6.07) is 5.32. The van der Waals surface area contributed by atoms with Crippen LogP contribution in [0, 0.1) is 18.3 Å². The summed E-state index contributed by atoms with van der Waals surface area (Å²) in [4.78, 5) is 0.613. The van der Waals surface area contributed by atoms with Gasteiger partial charge in [0.1, 0.15) is 12.2 Å². The van der Waals surface area contributed by atoms with Crippen LogP contribution in [0.2, 0.25) is 0 Å². The number of rotatable bonds is 5. The van der Waals surface area contributed by atoms with Gasteiger partial charge in [-0.1, -0.05) is 0 Å². The van der Waals surface area contributed by atoms with Crippen molar-refractivity contribution < 1.29 is 30.8 Å². The summed E-state index contributed by atoms with van der Waals surface area (Å²) in [5.74, 6) is -0.239. The number of halogens is 6. The fourth-order valence-electron chi connectivity index (χ4n) is 2.91. The first-order chi connectivity index (χ1) is 14.4. The normalized spacial score (nSPS) is 12.1. The van der Waals surface area contributed by atoms with Crippen LogP contribution in [-0.2, 0) is 19.8 Å². The minimum absolute atomic E-state index is 0.000803. The first kappa shape index (κ1) is 22.1. The maximum absolute atomic E-state index is 13.2.